The molecule has 4 nitrogen and oxygen atoms in total. The second kappa shape index (κ2) is 4.72. The fourth-order valence-electron chi connectivity index (χ4n) is 2.87. The molecule has 92 valence electrons. The first-order valence-corrected chi connectivity index (χ1v) is 6.27. The Morgan fingerprint density at radius 3 is 2.81 bits per heavy atom. The lowest BCUT2D eigenvalue weighted by Gasteiger charge is -2.26. The van der Waals surface area contributed by atoms with Gasteiger partial charge in [-0.15, -0.1) is 0 Å². The Morgan fingerprint density at radius 2 is 2.31 bits per heavy atom. The summed E-state index contributed by atoms with van der Waals surface area (Å²) >= 11 is 0. The topological polar surface area (TPSA) is 52.6 Å². The van der Waals surface area contributed by atoms with Crippen molar-refractivity contribution >= 4 is 5.91 Å². The molecule has 0 spiro atoms. The van der Waals surface area contributed by atoms with Crippen LogP contribution in [0.3, 0.4) is 0 Å². The smallest absolute Gasteiger partial charge is 0.227 e. The first kappa shape index (κ1) is 11.9. The lowest BCUT2D eigenvalue weighted by molar-refractivity contribution is -0.135. The highest BCUT2D eigenvalue weighted by atomic mass is 16.3. The van der Waals surface area contributed by atoms with Crippen molar-refractivity contribution in [3.63, 3.8) is 0 Å². The summed E-state index contributed by atoms with van der Waals surface area (Å²) in [6.07, 6.45) is 3.71. The molecule has 1 amide bonds. The highest BCUT2D eigenvalue weighted by Gasteiger charge is 2.43. The molecule has 2 heterocycles. The van der Waals surface area contributed by atoms with Gasteiger partial charge in [0.1, 0.15) is 0 Å². The van der Waals surface area contributed by atoms with Gasteiger partial charge in [0.05, 0.1) is 12.0 Å². The van der Waals surface area contributed by atoms with Gasteiger partial charge < -0.3 is 15.3 Å². The Kier molecular flexibility index (Phi) is 3.50. The Morgan fingerprint density at radius 1 is 1.56 bits per heavy atom. The number of rotatable bonds is 4. The fourth-order valence-corrected chi connectivity index (χ4v) is 2.87. The summed E-state index contributed by atoms with van der Waals surface area (Å²) in [6.45, 7) is 2.42. The largest absolute Gasteiger partial charge is 0.393 e. The van der Waals surface area contributed by atoms with Gasteiger partial charge in [-0.05, 0) is 32.6 Å². The molecule has 16 heavy (non-hydrogen) atoms. The van der Waals surface area contributed by atoms with Crippen LogP contribution < -0.4 is 5.32 Å². The number of fused-ring (bicyclic) bond motifs is 2. The number of nitrogens with zero attached hydrogens (tertiary/aromatic N) is 1. The summed E-state index contributed by atoms with van der Waals surface area (Å²) in [5.41, 5.74) is 0. The number of carbonyl (C=O) groups is 1. The molecule has 4 heteroatoms. The second-order valence-corrected chi connectivity index (χ2v) is 5.29. The fraction of sp³-hybridized carbons (Fsp3) is 0.917. The van der Waals surface area contributed by atoms with E-state index in [1.807, 2.05) is 7.05 Å². The van der Waals surface area contributed by atoms with Gasteiger partial charge in [0.25, 0.3) is 0 Å². The minimum absolute atomic E-state index is 0.178. The summed E-state index contributed by atoms with van der Waals surface area (Å²) in [5.74, 6) is 0.429. The van der Waals surface area contributed by atoms with Crippen molar-refractivity contribution in [3.8, 4) is 0 Å². The van der Waals surface area contributed by atoms with E-state index in [0.717, 1.165) is 12.8 Å². The van der Waals surface area contributed by atoms with Crippen molar-refractivity contribution in [1.29, 1.82) is 0 Å². The lowest BCUT2D eigenvalue weighted by Crippen LogP contribution is -2.39. The quantitative estimate of drug-likeness (QED) is 0.727. The molecule has 4 atom stereocenters. The third-order valence-corrected chi connectivity index (χ3v) is 3.88. The molecule has 4 unspecified atom stereocenters. The standard InChI is InChI=1S/C12H22N2O2/c1-8(15)5-6-14(2)12(16)10-7-9-3-4-11(10)13-9/h8-11,13,15H,3-7H2,1-2H3. The van der Waals surface area contributed by atoms with Gasteiger partial charge in [-0.2, -0.15) is 0 Å². The predicted molar refractivity (Wildman–Crippen MR) is 62.0 cm³/mol. The highest BCUT2D eigenvalue weighted by molar-refractivity contribution is 5.80. The molecule has 0 aromatic heterocycles. The van der Waals surface area contributed by atoms with Crippen LogP contribution in [0.15, 0.2) is 0 Å². The maximum atomic E-state index is 12.2. The van der Waals surface area contributed by atoms with Crippen LogP contribution in [0.2, 0.25) is 0 Å². The molecular formula is C12H22N2O2. The van der Waals surface area contributed by atoms with E-state index in [1.54, 1.807) is 11.8 Å². The molecule has 0 radical (unpaired) electrons. The minimum atomic E-state index is -0.326. The Labute approximate surface area is 97.0 Å². The van der Waals surface area contributed by atoms with E-state index in [-0.39, 0.29) is 17.9 Å². The summed E-state index contributed by atoms with van der Waals surface area (Å²) in [4.78, 5) is 13.9. The van der Waals surface area contributed by atoms with Crippen molar-refractivity contribution in [3.05, 3.63) is 0 Å². The van der Waals surface area contributed by atoms with Gasteiger partial charge >= 0.3 is 0 Å². The van der Waals surface area contributed by atoms with Gasteiger partial charge in [-0.25, -0.2) is 0 Å². The van der Waals surface area contributed by atoms with E-state index in [1.165, 1.54) is 6.42 Å². The third-order valence-electron chi connectivity index (χ3n) is 3.88. The van der Waals surface area contributed by atoms with Crippen LogP contribution in [0.4, 0.5) is 0 Å². The normalized spacial score (nSPS) is 34.1. The number of hydrogen-bond donors (Lipinski definition) is 2. The van der Waals surface area contributed by atoms with Crippen LogP contribution in [0.25, 0.3) is 0 Å². The van der Waals surface area contributed by atoms with Crippen molar-refractivity contribution in [2.24, 2.45) is 5.92 Å². The maximum Gasteiger partial charge on any atom is 0.227 e. The van der Waals surface area contributed by atoms with E-state index >= 15 is 0 Å². The van der Waals surface area contributed by atoms with Crippen molar-refractivity contribution in [1.82, 2.24) is 10.2 Å². The average Bonchev–Trinajstić information content (AvgIpc) is 2.86. The SMILES string of the molecule is CC(O)CCN(C)C(=O)C1CC2CCC1N2. The monoisotopic (exact) mass is 226 g/mol. The minimum Gasteiger partial charge on any atom is -0.393 e. The van der Waals surface area contributed by atoms with Gasteiger partial charge in [0, 0.05) is 25.7 Å². The first-order chi connectivity index (χ1) is 7.58. The van der Waals surface area contributed by atoms with E-state index in [4.69, 9.17) is 0 Å². The zero-order valence-corrected chi connectivity index (χ0v) is 10.1. The summed E-state index contributed by atoms with van der Waals surface area (Å²) in [7, 11) is 1.84. The van der Waals surface area contributed by atoms with Gasteiger partial charge in [-0.3, -0.25) is 4.79 Å². The lowest BCUT2D eigenvalue weighted by atomic mass is 9.88. The highest BCUT2D eigenvalue weighted by Crippen LogP contribution is 2.34. The Balaban J connectivity index is 1.83. The number of carbonyl (C=O) groups excluding carboxylic acids is 1. The van der Waals surface area contributed by atoms with Crippen molar-refractivity contribution in [2.45, 2.75) is 50.8 Å². The number of hydrogen-bond acceptors (Lipinski definition) is 3. The molecule has 0 aliphatic carbocycles. The molecule has 0 aromatic carbocycles. The molecule has 0 saturated carbocycles. The van der Waals surface area contributed by atoms with E-state index in [0.29, 0.717) is 25.0 Å². The van der Waals surface area contributed by atoms with Crippen LogP contribution in [-0.2, 0) is 4.79 Å². The number of aliphatic hydroxyl groups excluding tert-OH is 1. The van der Waals surface area contributed by atoms with E-state index in [2.05, 4.69) is 5.32 Å². The molecule has 2 rings (SSSR count). The van der Waals surface area contributed by atoms with Crippen LogP contribution in [0, 0.1) is 5.92 Å². The Hall–Kier alpha value is -0.610. The van der Waals surface area contributed by atoms with Gasteiger partial charge in [0.2, 0.25) is 5.91 Å². The van der Waals surface area contributed by atoms with E-state index in [9.17, 15) is 9.90 Å². The molecule has 2 aliphatic rings. The molecule has 2 bridgehead atoms. The molecule has 2 N–H and O–H groups in total. The van der Waals surface area contributed by atoms with Gasteiger partial charge in [-0.1, -0.05) is 0 Å². The second-order valence-electron chi connectivity index (χ2n) is 5.29. The average molecular weight is 226 g/mol. The predicted octanol–water partition coefficient (Wildman–Crippen LogP) is 0.356. The zero-order valence-electron chi connectivity index (χ0n) is 10.1. The Bertz CT molecular complexity index is 268. The number of nitrogens with one attached hydrogen (secondary N) is 1. The molecule has 2 saturated heterocycles. The zero-order chi connectivity index (χ0) is 11.7. The summed E-state index contributed by atoms with van der Waals surface area (Å²) in [6, 6.07) is 0.982. The van der Waals surface area contributed by atoms with Crippen molar-refractivity contribution < 1.29 is 9.90 Å². The van der Waals surface area contributed by atoms with Crippen LogP contribution >= 0.6 is 0 Å². The molecule has 2 aliphatic heterocycles. The van der Waals surface area contributed by atoms with Crippen LogP contribution in [0.1, 0.15) is 32.6 Å². The van der Waals surface area contributed by atoms with Crippen LogP contribution in [-0.4, -0.2) is 47.7 Å². The summed E-state index contributed by atoms with van der Waals surface area (Å²) < 4.78 is 0. The number of amides is 1. The molecule has 2 fully saturated rings. The van der Waals surface area contributed by atoms with Crippen LogP contribution in [0.5, 0.6) is 0 Å². The maximum absolute atomic E-state index is 12.2. The first-order valence-electron chi connectivity index (χ1n) is 6.27. The van der Waals surface area contributed by atoms with Gasteiger partial charge in [0.15, 0.2) is 0 Å². The summed E-state index contributed by atoms with van der Waals surface area (Å²) in [5, 5.41) is 12.7. The van der Waals surface area contributed by atoms with Crippen molar-refractivity contribution in [2.75, 3.05) is 13.6 Å². The molecule has 0 aromatic rings. The molecular weight excluding hydrogens is 204 g/mol. The van der Waals surface area contributed by atoms with E-state index < -0.39 is 0 Å². The number of aliphatic hydroxyl groups is 1. The third kappa shape index (κ3) is 2.38.